The second kappa shape index (κ2) is 8.15. The van der Waals surface area contributed by atoms with E-state index in [1.54, 1.807) is 6.07 Å². The number of rotatable bonds is 6. The summed E-state index contributed by atoms with van der Waals surface area (Å²) in [5.41, 5.74) is -0.174. The molecule has 0 aliphatic rings. The number of nitriles is 1. The zero-order valence-electron chi connectivity index (χ0n) is 13.2. The third-order valence-corrected chi connectivity index (χ3v) is 3.20. The standard InChI is InChI=1S/C16H11F4N3O3/c1-25-13-4-11(17)8(5-21)2-9(13)6-22-14(24)10-3-12(18)15(23-7-10)26-16(19)20/h2-4,7,16H,6H2,1H3,(H,22,24). The Labute approximate surface area is 145 Å². The van der Waals surface area contributed by atoms with E-state index in [9.17, 15) is 22.4 Å². The average molecular weight is 369 g/mol. The predicted molar refractivity (Wildman–Crippen MR) is 79.7 cm³/mol. The molecule has 0 fully saturated rings. The molecule has 0 spiro atoms. The fourth-order valence-corrected chi connectivity index (χ4v) is 2.01. The van der Waals surface area contributed by atoms with Crippen molar-refractivity contribution in [3.05, 3.63) is 52.7 Å². The Balaban J connectivity index is 2.14. The lowest BCUT2D eigenvalue weighted by Crippen LogP contribution is -2.23. The number of carbonyl (C=O) groups is 1. The summed E-state index contributed by atoms with van der Waals surface area (Å²) in [5, 5.41) is 11.2. The molecular formula is C16H11F4N3O3. The van der Waals surface area contributed by atoms with Crippen LogP contribution in [0.25, 0.3) is 0 Å². The summed E-state index contributed by atoms with van der Waals surface area (Å²) in [5.74, 6) is -3.61. The monoisotopic (exact) mass is 369 g/mol. The first kappa shape index (κ1) is 19.0. The third kappa shape index (κ3) is 4.38. The maximum atomic E-state index is 13.6. The number of alkyl halides is 2. The molecule has 1 aromatic heterocycles. The van der Waals surface area contributed by atoms with Crippen molar-refractivity contribution in [2.75, 3.05) is 7.11 Å². The molecule has 0 saturated carbocycles. The van der Waals surface area contributed by atoms with Crippen LogP contribution >= 0.6 is 0 Å². The van der Waals surface area contributed by atoms with Crippen molar-refractivity contribution >= 4 is 5.91 Å². The summed E-state index contributed by atoms with van der Waals surface area (Å²) in [6.07, 6.45) is 0.860. The summed E-state index contributed by atoms with van der Waals surface area (Å²) in [7, 11) is 1.28. The smallest absolute Gasteiger partial charge is 0.388 e. The van der Waals surface area contributed by atoms with Gasteiger partial charge in [-0.2, -0.15) is 14.0 Å². The van der Waals surface area contributed by atoms with Crippen molar-refractivity contribution in [2.45, 2.75) is 13.2 Å². The van der Waals surface area contributed by atoms with E-state index in [4.69, 9.17) is 10.00 Å². The number of hydrogen-bond acceptors (Lipinski definition) is 5. The van der Waals surface area contributed by atoms with Gasteiger partial charge in [-0.25, -0.2) is 13.8 Å². The van der Waals surface area contributed by atoms with Gasteiger partial charge in [0, 0.05) is 24.4 Å². The van der Waals surface area contributed by atoms with Gasteiger partial charge in [0.05, 0.1) is 18.2 Å². The van der Waals surface area contributed by atoms with Gasteiger partial charge in [0.25, 0.3) is 11.8 Å². The molecule has 1 heterocycles. The van der Waals surface area contributed by atoms with Crippen LogP contribution in [0.15, 0.2) is 24.4 Å². The molecule has 0 aliphatic heterocycles. The molecular weight excluding hydrogens is 358 g/mol. The van der Waals surface area contributed by atoms with Crippen molar-refractivity contribution in [3.63, 3.8) is 0 Å². The molecule has 2 aromatic rings. The third-order valence-electron chi connectivity index (χ3n) is 3.20. The number of carbonyl (C=O) groups excluding carboxylic acids is 1. The van der Waals surface area contributed by atoms with Crippen LogP contribution < -0.4 is 14.8 Å². The minimum Gasteiger partial charge on any atom is -0.496 e. The molecule has 0 atom stereocenters. The maximum Gasteiger partial charge on any atom is 0.388 e. The SMILES string of the molecule is COc1cc(F)c(C#N)cc1CNC(=O)c1cnc(OC(F)F)c(F)c1. The largest absolute Gasteiger partial charge is 0.496 e. The zero-order chi connectivity index (χ0) is 19.3. The van der Waals surface area contributed by atoms with Gasteiger partial charge in [0.1, 0.15) is 17.6 Å². The summed E-state index contributed by atoms with van der Waals surface area (Å²) >= 11 is 0. The minimum atomic E-state index is -3.25. The lowest BCUT2D eigenvalue weighted by Gasteiger charge is -2.11. The van der Waals surface area contributed by atoms with Crippen molar-refractivity contribution in [1.82, 2.24) is 10.3 Å². The molecule has 2 rings (SSSR count). The highest BCUT2D eigenvalue weighted by Crippen LogP contribution is 2.23. The van der Waals surface area contributed by atoms with Gasteiger partial charge >= 0.3 is 6.61 Å². The Hall–Kier alpha value is -3.35. The van der Waals surface area contributed by atoms with E-state index in [1.165, 1.54) is 13.2 Å². The van der Waals surface area contributed by atoms with Gasteiger partial charge in [0.15, 0.2) is 5.82 Å². The quantitative estimate of drug-likeness (QED) is 0.792. The molecule has 0 unspecified atom stereocenters. The lowest BCUT2D eigenvalue weighted by atomic mass is 10.1. The summed E-state index contributed by atoms with van der Waals surface area (Å²) in [6, 6.07) is 4.54. The number of hydrogen-bond donors (Lipinski definition) is 1. The molecule has 136 valence electrons. The highest BCUT2D eigenvalue weighted by atomic mass is 19.3. The highest BCUT2D eigenvalue weighted by molar-refractivity contribution is 5.93. The zero-order valence-corrected chi connectivity index (χ0v) is 13.2. The van der Waals surface area contributed by atoms with Crippen molar-refractivity contribution in [2.24, 2.45) is 0 Å². The van der Waals surface area contributed by atoms with Gasteiger partial charge in [-0.05, 0) is 12.1 Å². The molecule has 26 heavy (non-hydrogen) atoms. The first-order valence-corrected chi connectivity index (χ1v) is 7.00. The number of pyridine rings is 1. The molecule has 1 aromatic carbocycles. The lowest BCUT2D eigenvalue weighted by molar-refractivity contribution is -0.0553. The Morgan fingerprint density at radius 3 is 2.62 bits per heavy atom. The number of ether oxygens (including phenoxy) is 2. The average Bonchev–Trinajstić information content (AvgIpc) is 2.61. The summed E-state index contributed by atoms with van der Waals surface area (Å²) in [6.45, 7) is -3.41. The predicted octanol–water partition coefficient (Wildman–Crippen LogP) is 2.77. The molecule has 0 saturated heterocycles. The van der Waals surface area contributed by atoms with Crippen LogP contribution in [-0.4, -0.2) is 24.6 Å². The number of halogens is 4. The van der Waals surface area contributed by atoms with E-state index in [1.807, 2.05) is 0 Å². The van der Waals surface area contributed by atoms with E-state index < -0.39 is 30.0 Å². The molecule has 1 amide bonds. The van der Waals surface area contributed by atoms with Gasteiger partial charge in [-0.15, -0.1) is 0 Å². The fourth-order valence-electron chi connectivity index (χ4n) is 2.01. The second-order valence-electron chi connectivity index (χ2n) is 4.83. The van der Waals surface area contributed by atoms with Gasteiger partial charge in [-0.3, -0.25) is 4.79 Å². The number of benzene rings is 1. The number of nitrogens with one attached hydrogen (secondary N) is 1. The van der Waals surface area contributed by atoms with Crippen LogP contribution in [0.5, 0.6) is 11.6 Å². The van der Waals surface area contributed by atoms with Gasteiger partial charge in [-0.1, -0.05) is 0 Å². The summed E-state index contributed by atoms with van der Waals surface area (Å²) < 4.78 is 60.1. The van der Waals surface area contributed by atoms with Crippen LogP contribution in [0.4, 0.5) is 17.6 Å². The Morgan fingerprint density at radius 1 is 1.31 bits per heavy atom. The van der Waals surface area contributed by atoms with E-state index in [0.29, 0.717) is 11.6 Å². The van der Waals surface area contributed by atoms with Crippen LogP contribution in [-0.2, 0) is 6.54 Å². The van der Waals surface area contributed by atoms with E-state index in [0.717, 1.165) is 12.3 Å². The van der Waals surface area contributed by atoms with Crippen LogP contribution in [0.2, 0.25) is 0 Å². The summed E-state index contributed by atoms with van der Waals surface area (Å²) in [4.78, 5) is 15.3. The molecule has 0 aliphatic carbocycles. The molecule has 1 N–H and O–H groups in total. The van der Waals surface area contributed by atoms with Gasteiger partial charge < -0.3 is 14.8 Å². The number of amides is 1. The molecule has 10 heteroatoms. The molecule has 0 bridgehead atoms. The maximum absolute atomic E-state index is 13.6. The highest BCUT2D eigenvalue weighted by Gasteiger charge is 2.16. The molecule has 6 nitrogen and oxygen atoms in total. The topological polar surface area (TPSA) is 84.2 Å². The molecule has 0 radical (unpaired) electrons. The van der Waals surface area contributed by atoms with Crippen LogP contribution in [0, 0.1) is 23.0 Å². The van der Waals surface area contributed by atoms with Crippen LogP contribution in [0.3, 0.4) is 0 Å². The fraction of sp³-hybridized carbons (Fsp3) is 0.188. The van der Waals surface area contributed by atoms with Crippen molar-refractivity contribution in [3.8, 4) is 17.7 Å². The first-order valence-electron chi connectivity index (χ1n) is 7.00. The number of aromatic nitrogens is 1. The number of methoxy groups -OCH3 is 1. The van der Waals surface area contributed by atoms with E-state index >= 15 is 0 Å². The van der Waals surface area contributed by atoms with Crippen molar-refractivity contribution < 1.29 is 31.8 Å². The first-order chi connectivity index (χ1) is 12.3. The Bertz CT molecular complexity index is 869. The second-order valence-corrected chi connectivity index (χ2v) is 4.83. The normalized spacial score (nSPS) is 10.3. The van der Waals surface area contributed by atoms with E-state index in [-0.39, 0.29) is 23.4 Å². The Morgan fingerprint density at radius 2 is 2.04 bits per heavy atom. The van der Waals surface area contributed by atoms with E-state index in [2.05, 4.69) is 15.0 Å². The number of nitrogens with zero attached hydrogens (tertiary/aromatic N) is 2. The van der Waals surface area contributed by atoms with Crippen LogP contribution in [0.1, 0.15) is 21.5 Å². The minimum absolute atomic E-state index is 0.104. The Kier molecular flexibility index (Phi) is 5.95. The van der Waals surface area contributed by atoms with Gasteiger partial charge in [0.2, 0.25) is 0 Å². The van der Waals surface area contributed by atoms with Crippen molar-refractivity contribution in [1.29, 1.82) is 5.26 Å².